The molecule has 0 saturated carbocycles. The molecule has 0 unspecified atom stereocenters. The zero-order chi connectivity index (χ0) is 14.4. The Morgan fingerprint density at radius 1 is 1.53 bits per heavy atom. The third-order valence-corrected chi connectivity index (χ3v) is 3.85. The number of hydrogen-bond acceptors (Lipinski definition) is 3. The Morgan fingerprint density at radius 2 is 2.21 bits per heavy atom. The van der Waals surface area contributed by atoms with Crippen LogP contribution in [0.25, 0.3) is 0 Å². The molecule has 0 spiro atoms. The van der Waals surface area contributed by atoms with Crippen LogP contribution in [0.1, 0.15) is 12.5 Å². The third-order valence-electron chi connectivity index (χ3n) is 3.04. The first kappa shape index (κ1) is 15.7. The summed E-state index contributed by atoms with van der Waals surface area (Å²) in [6.45, 7) is 3.99. The summed E-state index contributed by atoms with van der Waals surface area (Å²) in [5.74, 6) is 1.74. The van der Waals surface area contributed by atoms with E-state index >= 15 is 0 Å². The lowest BCUT2D eigenvalue weighted by Crippen LogP contribution is -2.39. The number of aryl methyl sites for hydroxylation is 1. The Morgan fingerprint density at radius 3 is 2.74 bits per heavy atom. The summed E-state index contributed by atoms with van der Waals surface area (Å²) < 4.78 is 5.20. The molecule has 1 N–H and O–H groups in total. The van der Waals surface area contributed by atoms with Crippen LogP contribution < -0.4 is 10.1 Å². The Hall–Kier alpha value is -1.36. The summed E-state index contributed by atoms with van der Waals surface area (Å²) in [4.78, 5) is 13.8. The molecule has 106 valence electrons. The SMILES string of the molecule is COc1ccc(NC(=O)N(C)[C@H](C)CSC)cc1C. The van der Waals surface area contributed by atoms with Gasteiger partial charge in [0.15, 0.2) is 0 Å². The van der Waals surface area contributed by atoms with Crippen molar-refractivity contribution < 1.29 is 9.53 Å². The van der Waals surface area contributed by atoms with Crippen molar-refractivity contribution >= 4 is 23.5 Å². The number of nitrogens with zero attached hydrogens (tertiary/aromatic N) is 1. The highest BCUT2D eigenvalue weighted by Crippen LogP contribution is 2.21. The van der Waals surface area contributed by atoms with E-state index in [1.54, 1.807) is 23.8 Å². The number of carbonyl (C=O) groups excluding carboxylic acids is 1. The summed E-state index contributed by atoms with van der Waals surface area (Å²) in [6.07, 6.45) is 2.04. The number of thioether (sulfide) groups is 1. The molecule has 0 bridgehead atoms. The predicted octanol–water partition coefficient (Wildman–Crippen LogP) is 3.22. The molecule has 0 fully saturated rings. The molecule has 0 aliphatic heterocycles. The number of ether oxygens (including phenoxy) is 1. The van der Waals surface area contributed by atoms with Crippen molar-refractivity contribution in [3.63, 3.8) is 0 Å². The maximum absolute atomic E-state index is 12.1. The van der Waals surface area contributed by atoms with Gasteiger partial charge < -0.3 is 15.0 Å². The van der Waals surface area contributed by atoms with Crippen LogP contribution in [0.4, 0.5) is 10.5 Å². The van der Waals surface area contributed by atoms with Gasteiger partial charge in [-0.25, -0.2) is 4.79 Å². The second-order valence-corrected chi connectivity index (χ2v) is 5.44. The minimum Gasteiger partial charge on any atom is -0.496 e. The number of benzene rings is 1. The van der Waals surface area contributed by atoms with Crippen LogP contribution in [0.2, 0.25) is 0 Å². The van der Waals surface area contributed by atoms with E-state index in [1.807, 2.05) is 45.4 Å². The number of methoxy groups -OCH3 is 1. The molecule has 1 rings (SSSR count). The molecule has 1 aromatic carbocycles. The monoisotopic (exact) mass is 282 g/mol. The number of carbonyl (C=O) groups is 1. The second-order valence-electron chi connectivity index (χ2n) is 4.53. The van der Waals surface area contributed by atoms with E-state index in [1.165, 1.54) is 0 Å². The fourth-order valence-corrected chi connectivity index (χ4v) is 2.43. The van der Waals surface area contributed by atoms with Gasteiger partial charge in [0.25, 0.3) is 0 Å². The third kappa shape index (κ3) is 4.35. The molecular weight excluding hydrogens is 260 g/mol. The molecule has 0 aliphatic rings. The van der Waals surface area contributed by atoms with E-state index in [9.17, 15) is 4.79 Å². The van der Waals surface area contributed by atoms with Crippen LogP contribution in [0.5, 0.6) is 5.75 Å². The Balaban J connectivity index is 2.69. The number of hydrogen-bond donors (Lipinski definition) is 1. The maximum atomic E-state index is 12.1. The van der Waals surface area contributed by atoms with Crippen molar-refractivity contribution in [2.75, 3.05) is 31.5 Å². The van der Waals surface area contributed by atoms with Gasteiger partial charge in [0.2, 0.25) is 0 Å². The lowest BCUT2D eigenvalue weighted by molar-refractivity contribution is 0.212. The highest BCUT2D eigenvalue weighted by atomic mass is 32.2. The van der Waals surface area contributed by atoms with E-state index in [-0.39, 0.29) is 12.1 Å². The van der Waals surface area contributed by atoms with Gasteiger partial charge in [-0.1, -0.05) is 0 Å². The van der Waals surface area contributed by atoms with Gasteiger partial charge in [0.1, 0.15) is 5.75 Å². The molecule has 0 aliphatic carbocycles. The van der Waals surface area contributed by atoms with Crippen LogP contribution in [-0.4, -0.2) is 43.1 Å². The number of rotatable bonds is 5. The van der Waals surface area contributed by atoms with Crippen molar-refractivity contribution in [3.8, 4) is 5.75 Å². The molecule has 0 aromatic heterocycles. The van der Waals surface area contributed by atoms with Crippen molar-refractivity contribution in [1.29, 1.82) is 0 Å². The fourth-order valence-electron chi connectivity index (χ4n) is 1.72. The number of urea groups is 1. The minimum absolute atomic E-state index is 0.0916. The van der Waals surface area contributed by atoms with Gasteiger partial charge in [0, 0.05) is 24.5 Å². The largest absolute Gasteiger partial charge is 0.496 e. The number of anilines is 1. The molecule has 0 heterocycles. The molecule has 0 radical (unpaired) electrons. The molecule has 0 saturated heterocycles. The minimum atomic E-state index is -0.0916. The van der Waals surface area contributed by atoms with Crippen molar-refractivity contribution in [1.82, 2.24) is 4.90 Å². The predicted molar refractivity (Wildman–Crippen MR) is 82.4 cm³/mol. The highest BCUT2D eigenvalue weighted by molar-refractivity contribution is 7.98. The molecule has 4 nitrogen and oxygen atoms in total. The molecular formula is C14H22N2O2S. The molecule has 19 heavy (non-hydrogen) atoms. The first-order chi connectivity index (χ1) is 8.99. The summed E-state index contributed by atoms with van der Waals surface area (Å²) in [5, 5.41) is 2.90. The van der Waals surface area contributed by atoms with E-state index in [0.717, 1.165) is 22.8 Å². The van der Waals surface area contributed by atoms with E-state index in [0.29, 0.717) is 0 Å². The average molecular weight is 282 g/mol. The molecule has 5 heteroatoms. The summed E-state index contributed by atoms with van der Waals surface area (Å²) in [6, 6.07) is 5.72. The van der Waals surface area contributed by atoms with Crippen molar-refractivity contribution in [2.45, 2.75) is 19.9 Å². The lowest BCUT2D eigenvalue weighted by Gasteiger charge is -2.24. The molecule has 1 atom stereocenters. The summed E-state index contributed by atoms with van der Waals surface area (Å²) in [7, 11) is 3.45. The maximum Gasteiger partial charge on any atom is 0.321 e. The smallest absolute Gasteiger partial charge is 0.321 e. The Kier molecular flexibility index (Phi) is 6.02. The van der Waals surface area contributed by atoms with Crippen LogP contribution in [0, 0.1) is 6.92 Å². The summed E-state index contributed by atoms with van der Waals surface area (Å²) >= 11 is 1.73. The summed E-state index contributed by atoms with van der Waals surface area (Å²) in [5.41, 5.74) is 1.78. The lowest BCUT2D eigenvalue weighted by atomic mass is 10.2. The normalized spacial score (nSPS) is 11.8. The Bertz CT molecular complexity index is 437. The van der Waals surface area contributed by atoms with Crippen LogP contribution in [-0.2, 0) is 0 Å². The molecule has 1 aromatic rings. The van der Waals surface area contributed by atoms with Crippen molar-refractivity contribution in [3.05, 3.63) is 23.8 Å². The van der Waals surface area contributed by atoms with Gasteiger partial charge in [-0.2, -0.15) is 11.8 Å². The van der Waals surface area contributed by atoms with Gasteiger partial charge in [0.05, 0.1) is 7.11 Å². The Labute approximate surface area is 119 Å². The zero-order valence-corrected chi connectivity index (χ0v) is 13.0. The number of nitrogens with one attached hydrogen (secondary N) is 1. The van der Waals surface area contributed by atoms with E-state index in [4.69, 9.17) is 4.74 Å². The standard InChI is InChI=1S/C14H22N2O2S/c1-10-8-12(6-7-13(10)18-4)15-14(17)16(3)11(2)9-19-5/h6-8,11H,9H2,1-5H3,(H,15,17)/t11-/m1/s1. The van der Waals surface area contributed by atoms with E-state index < -0.39 is 0 Å². The van der Waals surface area contributed by atoms with Gasteiger partial charge in [-0.3, -0.25) is 0 Å². The van der Waals surface area contributed by atoms with E-state index in [2.05, 4.69) is 5.32 Å². The molecule has 2 amide bonds. The quantitative estimate of drug-likeness (QED) is 0.901. The van der Waals surface area contributed by atoms with Gasteiger partial charge in [-0.15, -0.1) is 0 Å². The zero-order valence-electron chi connectivity index (χ0n) is 12.2. The first-order valence-corrected chi connectivity index (χ1v) is 7.56. The fraction of sp³-hybridized carbons (Fsp3) is 0.500. The topological polar surface area (TPSA) is 41.6 Å². The highest BCUT2D eigenvalue weighted by Gasteiger charge is 2.15. The van der Waals surface area contributed by atoms with Gasteiger partial charge in [-0.05, 0) is 43.9 Å². The second kappa shape index (κ2) is 7.28. The number of amides is 2. The van der Waals surface area contributed by atoms with Crippen LogP contribution in [0.15, 0.2) is 18.2 Å². The first-order valence-electron chi connectivity index (χ1n) is 6.17. The average Bonchev–Trinajstić information content (AvgIpc) is 2.38. The van der Waals surface area contributed by atoms with Gasteiger partial charge >= 0.3 is 6.03 Å². The van der Waals surface area contributed by atoms with Crippen molar-refractivity contribution in [2.24, 2.45) is 0 Å². The van der Waals surface area contributed by atoms with Crippen LogP contribution >= 0.6 is 11.8 Å². The van der Waals surface area contributed by atoms with Crippen LogP contribution in [0.3, 0.4) is 0 Å².